The van der Waals surface area contributed by atoms with Gasteiger partial charge in [0.15, 0.2) is 0 Å². The van der Waals surface area contributed by atoms with Crippen molar-refractivity contribution < 1.29 is 0 Å². The molecule has 2 heteroatoms. The predicted molar refractivity (Wildman–Crippen MR) is 60.4 cm³/mol. The second kappa shape index (κ2) is 4.77. The Bertz CT molecular complexity index is 221. The predicted octanol–water partition coefficient (Wildman–Crippen LogP) is 3.07. The molecule has 0 saturated carbocycles. The van der Waals surface area contributed by atoms with E-state index in [0.29, 0.717) is 0 Å². The van der Waals surface area contributed by atoms with Crippen LogP contribution in [0, 0.1) is 0 Å². The van der Waals surface area contributed by atoms with E-state index < -0.39 is 0 Å². The molecular weight excluding hydrogens is 178 g/mol. The molecule has 0 saturated heterocycles. The van der Waals surface area contributed by atoms with Gasteiger partial charge in [-0.1, -0.05) is 6.07 Å². The summed E-state index contributed by atoms with van der Waals surface area (Å²) in [6.07, 6.45) is 2.44. The SMILES string of the molecule is CC(C)(C)NCCCc1cccs1. The van der Waals surface area contributed by atoms with E-state index in [1.807, 2.05) is 11.3 Å². The summed E-state index contributed by atoms with van der Waals surface area (Å²) >= 11 is 1.85. The quantitative estimate of drug-likeness (QED) is 0.731. The van der Waals surface area contributed by atoms with Gasteiger partial charge in [0.1, 0.15) is 0 Å². The molecule has 0 amide bonds. The van der Waals surface area contributed by atoms with Crippen LogP contribution in [0.1, 0.15) is 32.1 Å². The Morgan fingerprint density at radius 1 is 1.38 bits per heavy atom. The van der Waals surface area contributed by atoms with Crippen molar-refractivity contribution >= 4 is 11.3 Å². The van der Waals surface area contributed by atoms with Crippen molar-refractivity contribution in [2.75, 3.05) is 6.54 Å². The first-order chi connectivity index (χ1) is 6.08. The monoisotopic (exact) mass is 197 g/mol. The number of aryl methyl sites for hydroxylation is 1. The highest BCUT2D eigenvalue weighted by molar-refractivity contribution is 7.09. The van der Waals surface area contributed by atoms with E-state index in [4.69, 9.17) is 0 Å². The molecule has 1 rings (SSSR count). The lowest BCUT2D eigenvalue weighted by Gasteiger charge is -2.20. The van der Waals surface area contributed by atoms with Crippen LogP contribution < -0.4 is 5.32 Å². The number of nitrogens with one attached hydrogen (secondary N) is 1. The Morgan fingerprint density at radius 2 is 2.15 bits per heavy atom. The first kappa shape index (κ1) is 10.7. The van der Waals surface area contributed by atoms with Gasteiger partial charge in [-0.15, -0.1) is 11.3 Å². The summed E-state index contributed by atoms with van der Waals surface area (Å²) in [5.74, 6) is 0. The summed E-state index contributed by atoms with van der Waals surface area (Å²) in [6, 6.07) is 4.33. The van der Waals surface area contributed by atoms with E-state index in [-0.39, 0.29) is 5.54 Å². The van der Waals surface area contributed by atoms with Crippen molar-refractivity contribution in [1.29, 1.82) is 0 Å². The molecule has 0 atom stereocenters. The standard InChI is InChI=1S/C11H19NS/c1-11(2,3)12-8-4-6-10-7-5-9-13-10/h5,7,9,12H,4,6,8H2,1-3H3. The molecule has 0 fully saturated rings. The van der Waals surface area contributed by atoms with Crippen LogP contribution in [0.3, 0.4) is 0 Å². The molecule has 1 aromatic rings. The van der Waals surface area contributed by atoms with Gasteiger partial charge in [0.25, 0.3) is 0 Å². The van der Waals surface area contributed by atoms with Crippen molar-refractivity contribution in [3.63, 3.8) is 0 Å². The van der Waals surface area contributed by atoms with Crippen molar-refractivity contribution in [1.82, 2.24) is 5.32 Å². The van der Waals surface area contributed by atoms with Crippen LogP contribution in [0.4, 0.5) is 0 Å². The molecule has 0 aliphatic carbocycles. The molecule has 0 aliphatic rings. The van der Waals surface area contributed by atoms with E-state index in [1.165, 1.54) is 17.7 Å². The summed E-state index contributed by atoms with van der Waals surface area (Å²) in [5, 5.41) is 5.63. The van der Waals surface area contributed by atoms with Gasteiger partial charge in [-0.2, -0.15) is 0 Å². The highest BCUT2D eigenvalue weighted by Gasteiger charge is 2.06. The van der Waals surface area contributed by atoms with Crippen LogP contribution in [0.2, 0.25) is 0 Å². The fraction of sp³-hybridized carbons (Fsp3) is 0.636. The second-order valence-electron chi connectivity index (χ2n) is 4.36. The van der Waals surface area contributed by atoms with Gasteiger partial charge < -0.3 is 5.32 Å². The van der Waals surface area contributed by atoms with Gasteiger partial charge in [0.05, 0.1) is 0 Å². The molecule has 74 valence electrons. The van der Waals surface area contributed by atoms with E-state index >= 15 is 0 Å². The summed E-state index contributed by atoms with van der Waals surface area (Å²) in [6.45, 7) is 7.73. The van der Waals surface area contributed by atoms with Gasteiger partial charge >= 0.3 is 0 Å². The topological polar surface area (TPSA) is 12.0 Å². The van der Waals surface area contributed by atoms with E-state index in [2.05, 4.69) is 43.6 Å². The van der Waals surface area contributed by atoms with Crippen molar-refractivity contribution in [3.05, 3.63) is 22.4 Å². The molecule has 0 radical (unpaired) electrons. The first-order valence-corrected chi connectivity index (χ1v) is 5.73. The smallest absolute Gasteiger partial charge is 0.00965 e. The molecule has 0 aromatic carbocycles. The number of rotatable bonds is 4. The number of hydrogen-bond donors (Lipinski definition) is 1. The third-order valence-electron chi connectivity index (χ3n) is 1.84. The van der Waals surface area contributed by atoms with Crippen molar-refractivity contribution in [2.24, 2.45) is 0 Å². The molecule has 0 spiro atoms. The minimum Gasteiger partial charge on any atom is -0.312 e. The zero-order chi connectivity index (χ0) is 9.73. The van der Waals surface area contributed by atoms with E-state index in [1.54, 1.807) is 0 Å². The molecule has 1 nitrogen and oxygen atoms in total. The van der Waals surface area contributed by atoms with Crippen LogP contribution in [-0.4, -0.2) is 12.1 Å². The first-order valence-electron chi connectivity index (χ1n) is 4.85. The lowest BCUT2D eigenvalue weighted by Crippen LogP contribution is -2.36. The van der Waals surface area contributed by atoms with Crippen LogP contribution in [0.15, 0.2) is 17.5 Å². The van der Waals surface area contributed by atoms with Crippen LogP contribution in [0.5, 0.6) is 0 Å². The van der Waals surface area contributed by atoms with Gasteiger partial charge in [-0.05, 0) is 51.6 Å². The van der Waals surface area contributed by atoms with Gasteiger partial charge in [0, 0.05) is 10.4 Å². The molecule has 0 unspecified atom stereocenters. The Kier molecular flexibility index (Phi) is 3.94. The lowest BCUT2D eigenvalue weighted by atomic mass is 10.1. The van der Waals surface area contributed by atoms with E-state index in [0.717, 1.165) is 6.54 Å². The van der Waals surface area contributed by atoms with E-state index in [9.17, 15) is 0 Å². The van der Waals surface area contributed by atoms with Crippen LogP contribution in [0.25, 0.3) is 0 Å². The third-order valence-corrected chi connectivity index (χ3v) is 2.77. The van der Waals surface area contributed by atoms with Crippen molar-refractivity contribution in [3.8, 4) is 0 Å². The van der Waals surface area contributed by atoms with Crippen LogP contribution in [-0.2, 0) is 6.42 Å². The van der Waals surface area contributed by atoms with Gasteiger partial charge in [-0.25, -0.2) is 0 Å². The fourth-order valence-electron chi connectivity index (χ4n) is 1.18. The summed E-state index contributed by atoms with van der Waals surface area (Å²) in [4.78, 5) is 1.50. The highest BCUT2D eigenvalue weighted by atomic mass is 32.1. The van der Waals surface area contributed by atoms with Crippen LogP contribution >= 0.6 is 11.3 Å². The lowest BCUT2D eigenvalue weighted by molar-refractivity contribution is 0.422. The second-order valence-corrected chi connectivity index (χ2v) is 5.39. The zero-order valence-corrected chi connectivity index (χ0v) is 9.58. The molecular formula is C11H19NS. The average molecular weight is 197 g/mol. The molecule has 1 N–H and O–H groups in total. The maximum atomic E-state index is 3.49. The number of hydrogen-bond acceptors (Lipinski definition) is 2. The highest BCUT2D eigenvalue weighted by Crippen LogP contribution is 2.10. The normalized spacial score (nSPS) is 11.9. The molecule has 13 heavy (non-hydrogen) atoms. The van der Waals surface area contributed by atoms with Crippen molar-refractivity contribution in [2.45, 2.75) is 39.2 Å². The Hall–Kier alpha value is -0.340. The maximum Gasteiger partial charge on any atom is 0.00965 e. The molecule has 1 heterocycles. The maximum absolute atomic E-state index is 3.49. The minimum atomic E-state index is 0.259. The number of thiophene rings is 1. The zero-order valence-electron chi connectivity index (χ0n) is 8.76. The summed E-state index contributed by atoms with van der Waals surface area (Å²) in [7, 11) is 0. The summed E-state index contributed by atoms with van der Waals surface area (Å²) < 4.78 is 0. The average Bonchev–Trinajstić information content (AvgIpc) is 2.48. The van der Waals surface area contributed by atoms with Gasteiger partial charge in [-0.3, -0.25) is 0 Å². The molecule has 0 bridgehead atoms. The Balaban J connectivity index is 2.09. The summed E-state index contributed by atoms with van der Waals surface area (Å²) in [5.41, 5.74) is 0.259. The minimum absolute atomic E-state index is 0.259. The molecule has 1 aromatic heterocycles. The fourth-order valence-corrected chi connectivity index (χ4v) is 1.93. The Labute approximate surface area is 85.2 Å². The third kappa shape index (κ3) is 5.06. The largest absolute Gasteiger partial charge is 0.312 e. The molecule has 0 aliphatic heterocycles. The Morgan fingerprint density at radius 3 is 2.69 bits per heavy atom. The van der Waals surface area contributed by atoms with Gasteiger partial charge in [0.2, 0.25) is 0 Å².